The van der Waals surface area contributed by atoms with Crippen LogP contribution in [0, 0.1) is 19.8 Å². The molecule has 0 saturated heterocycles. The van der Waals surface area contributed by atoms with Gasteiger partial charge in [-0.2, -0.15) is 0 Å². The number of nitrogens with two attached hydrogens (primary N) is 1. The fourth-order valence-corrected chi connectivity index (χ4v) is 2.46. The number of rotatable bonds is 6. The lowest BCUT2D eigenvalue weighted by Crippen LogP contribution is -2.26. The van der Waals surface area contributed by atoms with Gasteiger partial charge in [-0.1, -0.05) is 0 Å². The van der Waals surface area contributed by atoms with Crippen molar-refractivity contribution in [2.45, 2.75) is 45.6 Å². The maximum atomic E-state index is 12.0. The molecule has 1 aromatic rings. The lowest BCUT2D eigenvalue weighted by atomic mass is 10.0. The zero-order chi connectivity index (χ0) is 14.0. The van der Waals surface area contributed by atoms with Gasteiger partial charge in [-0.05, 0) is 32.6 Å². The van der Waals surface area contributed by atoms with Gasteiger partial charge in [0.1, 0.15) is 11.5 Å². The topological polar surface area (TPSA) is 65.2 Å². The van der Waals surface area contributed by atoms with Crippen LogP contribution in [0.3, 0.4) is 0 Å². The summed E-state index contributed by atoms with van der Waals surface area (Å²) in [6.45, 7) is 3.90. The number of hydrogen-bond acceptors (Lipinski definition) is 4. The molecule has 0 bridgehead atoms. The Morgan fingerprint density at radius 1 is 1.53 bits per heavy atom. The first kappa shape index (κ1) is 14.0. The van der Waals surface area contributed by atoms with Crippen LogP contribution in [0.2, 0.25) is 0 Å². The largest absolute Gasteiger partial charge is 0.496 e. The standard InChI is InChI=1S/C15H22N2O2/c1-9-8-17-14(10(2)15(9)19-3)7-12(18)6-13(16)11-4-5-11/h8,11,13H,4-7,16H2,1-3H3. The van der Waals surface area contributed by atoms with Crippen molar-refractivity contribution >= 4 is 5.78 Å². The van der Waals surface area contributed by atoms with Crippen molar-refractivity contribution in [3.05, 3.63) is 23.0 Å². The predicted molar refractivity (Wildman–Crippen MR) is 74.3 cm³/mol. The fraction of sp³-hybridized carbons (Fsp3) is 0.600. The quantitative estimate of drug-likeness (QED) is 0.851. The number of carbonyl (C=O) groups is 1. The van der Waals surface area contributed by atoms with Crippen LogP contribution in [0.4, 0.5) is 0 Å². The highest BCUT2D eigenvalue weighted by Gasteiger charge is 2.29. The van der Waals surface area contributed by atoms with Crippen LogP contribution >= 0.6 is 0 Å². The van der Waals surface area contributed by atoms with Crippen LogP contribution in [0.25, 0.3) is 0 Å². The molecule has 0 amide bonds. The van der Waals surface area contributed by atoms with Gasteiger partial charge in [0.05, 0.1) is 12.8 Å². The molecule has 4 nitrogen and oxygen atoms in total. The van der Waals surface area contributed by atoms with Crippen molar-refractivity contribution in [3.63, 3.8) is 0 Å². The summed E-state index contributed by atoms with van der Waals surface area (Å²) in [5.74, 6) is 1.55. The molecule has 0 radical (unpaired) electrons. The van der Waals surface area contributed by atoms with Gasteiger partial charge < -0.3 is 10.5 Å². The van der Waals surface area contributed by atoms with E-state index in [2.05, 4.69) is 4.98 Å². The van der Waals surface area contributed by atoms with Crippen LogP contribution in [0.15, 0.2) is 6.20 Å². The first-order valence-corrected chi connectivity index (χ1v) is 6.79. The summed E-state index contributed by atoms with van der Waals surface area (Å²) >= 11 is 0. The molecule has 0 spiro atoms. The molecule has 1 aliphatic rings. The summed E-state index contributed by atoms with van der Waals surface area (Å²) in [6, 6.07) is 0.0279. The summed E-state index contributed by atoms with van der Waals surface area (Å²) in [5, 5.41) is 0. The van der Waals surface area contributed by atoms with Gasteiger partial charge in [-0.3, -0.25) is 9.78 Å². The highest BCUT2D eigenvalue weighted by Crippen LogP contribution is 2.33. The molecule has 1 atom stereocenters. The molecule has 1 saturated carbocycles. The number of aryl methyl sites for hydroxylation is 1. The molecule has 1 aliphatic carbocycles. The minimum Gasteiger partial charge on any atom is -0.496 e. The smallest absolute Gasteiger partial charge is 0.140 e. The second-order valence-electron chi connectivity index (χ2n) is 5.47. The Bertz CT molecular complexity index is 481. The minimum absolute atomic E-state index is 0.0279. The highest BCUT2D eigenvalue weighted by molar-refractivity contribution is 5.81. The van der Waals surface area contributed by atoms with Crippen molar-refractivity contribution in [1.82, 2.24) is 4.98 Å². The van der Waals surface area contributed by atoms with E-state index in [9.17, 15) is 4.79 Å². The van der Waals surface area contributed by atoms with E-state index in [1.54, 1.807) is 13.3 Å². The van der Waals surface area contributed by atoms with Crippen LogP contribution in [0.5, 0.6) is 5.75 Å². The third kappa shape index (κ3) is 3.32. The average molecular weight is 262 g/mol. The third-order valence-corrected chi connectivity index (χ3v) is 3.81. The second-order valence-corrected chi connectivity index (χ2v) is 5.47. The number of methoxy groups -OCH3 is 1. The van der Waals surface area contributed by atoms with E-state index < -0.39 is 0 Å². The van der Waals surface area contributed by atoms with Crippen molar-refractivity contribution in [2.75, 3.05) is 7.11 Å². The van der Waals surface area contributed by atoms with Crippen LogP contribution in [-0.4, -0.2) is 23.9 Å². The van der Waals surface area contributed by atoms with Crippen LogP contribution < -0.4 is 10.5 Å². The Balaban J connectivity index is 2.03. The maximum absolute atomic E-state index is 12.0. The van der Waals surface area contributed by atoms with E-state index in [4.69, 9.17) is 10.5 Å². The van der Waals surface area contributed by atoms with Gasteiger partial charge in [-0.15, -0.1) is 0 Å². The first-order chi connectivity index (χ1) is 9.02. The number of aromatic nitrogens is 1. The number of Topliss-reactive ketones (excluding diaryl/α,β-unsaturated/α-hetero) is 1. The Hall–Kier alpha value is -1.42. The SMILES string of the molecule is COc1c(C)cnc(CC(=O)CC(N)C2CC2)c1C. The monoisotopic (exact) mass is 262 g/mol. The fourth-order valence-electron chi connectivity index (χ4n) is 2.46. The van der Waals surface area contributed by atoms with Gasteiger partial charge in [0.15, 0.2) is 0 Å². The molecular formula is C15H22N2O2. The molecule has 0 aliphatic heterocycles. The molecule has 4 heteroatoms. The summed E-state index contributed by atoms with van der Waals surface area (Å²) < 4.78 is 5.35. The number of nitrogens with zero attached hydrogens (tertiary/aromatic N) is 1. The van der Waals surface area contributed by atoms with Gasteiger partial charge in [0.2, 0.25) is 0 Å². The van der Waals surface area contributed by atoms with E-state index in [-0.39, 0.29) is 11.8 Å². The third-order valence-electron chi connectivity index (χ3n) is 3.81. The summed E-state index contributed by atoms with van der Waals surface area (Å²) in [7, 11) is 1.64. The molecule has 1 heterocycles. The lowest BCUT2D eigenvalue weighted by molar-refractivity contribution is -0.118. The number of carbonyl (C=O) groups excluding carboxylic acids is 1. The molecule has 0 aromatic carbocycles. The van der Waals surface area contributed by atoms with Crippen molar-refractivity contribution in [1.29, 1.82) is 0 Å². The predicted octanol–water partition coefficient (Wildman–Crippen LogP) is 1.95. The van der Waals surface area contributed by atoms with Crippen LogP contribution in [-0.2, 0) is 11.2 Å². The highest BCUT2D eigenvalue weighted by atomic mass is 16.5. The Labute approximate surface area is 114 Å². The summed E-state index contributed by atoms with van der Waals surface area (Å²) in [5.41, 5.74) is 8.73. The number of pyridine rings is 1. The molecule has 1 unspecified atom stereocenters. The van der Waals surface area contributed by atoms with Crippen molar-refractivity contribution < 1.29 is 9.53 Å². The van der Waals surface area contributed by atoms with Gasteiger partial charge in [0, 0.05) is 36.2 Å². The first-order valence-electron chi connectivity index (χ1n) is 6.79. The maximum Gasteiger partial charge on any atom is 0.140 e. The van der Waals surface area contributed by atoms with Gasteiger partial charge in [0.25, 0.3) is 0 Å². The van der Waals surface area contributed by atoms with E-state index in [1.165, 1.54) is 12.8 Å². The van der Waals surface area contributed by atoms with Gasteiger partial charge in [-0.25, -0.2) is 0 Å². The van der Waals surface area contributed by atoms with E-state index in [0.29, 0.717) is 18.8 Å². The zero-order valence-electron chi connectivity index (χ0n) is 11.9. The number of ketones is 1. The van der Waals surface area contributed by atoms with Crippen molar-refractivity contribution in [2.24, 2.45) is 11.7 Å². The lowest BCUT2D eigenvalue weighted by Gasteiger charge is -2.13. The Kier molecular flexibility index (Phi) is 4.20. The number of hydrogen-bond donors (Lipinski definition) is 1. The van der Waals surface area contributed by atoms with E-state index in [1.807, 2.05) is 13.8 Å². The van der Waals surface area contributed by atoms with E-state index in [0.717, 1.165) is 22.6 Å². The molecule has 19 heavy (non-hydrogen) atoms. The summed E-state index contributed by atoms with van der Waals surface area (Å²) in [6.07, 6.45) is 4.91. The van der Waals surface area contributed by atoms with Gasteiger partial charge >= 0.3 is 0 Å². The molecule has 1 aromatic heterocycles. The molecule has 104 valence electrons. The number of ether oxygens (including phenoxy) is 1. The Morgan fingerprint density at radius 2 is 2.21 bits per heavy atom. The Morgan fingerprint density at radius 3 is 2.79 bits per heavy atom. The minimum atomic E-state index is 0.0279. The molecular weight excluding hydrogens is 240 g/mol. The molecule has 2 rings (SSSR count). The molecule has 1 fully saturated rings. The summed E-state index contributed by atoms with van der Waals surface area (Å²) in [4.78, 5) is 16.4. The van der Waals surface area contributed by atoms with Crippen LogP contribution in [0.1, 0.15) is 36.1 Å². The normalized spacial score (nSPS) is 16.2. The average Bonchev–Trinajstić information content (AvgIpc) is 3.17. The second kappa shape index (κ2) is 5.70. The zero-order valence-corrected chi connectivity index (χ0v) is 11.9. The molecule has 2 N–H and O–H groups in total. The van der Waals surface area contributed by atoms with Crippen molar-refractivity contribution in [3.8, 4) is 5.75 Å². The van der Waals surface area contributed by atoms with E-state index >= 15 is 0 Å².